The molecule has 2 fully saturated rings. The van der Waals surface area contributed by atoms with Crippen LogP contribution in [0.1, 0.15) is 39.5 Å². The predicted molar refractivity (Wildman–Crippen MR) is 75.8 cm³/mol. The number of carbonyl (C=O) groups excluding carboxylic acids is 1. The molecule has 0 N–H and O–H groups in total. The highest BCUT2D eigenvalue weighted by molar-refractivity contribution is 9.09. The van der Waals surface area contributed by atoms with E-state index in [1.165, 1.54) is 12.8 Å². The van der Waals surface area contributed by atoms with Crippen molar-refractivity contribution in [2.75, 3.05) is 18.4 Å². The third-order valence-electron chi connectivity index (χ3n) is 4.18. The Morgan fingerprint density at radius 1 is 1.22 bits per heavy atom. The Balaban J connectivity index is 1.91. The molecule has 1 heterocycles. The summed E-state index contributed by atoms with van der Waals surface area (Å²) in [6.07, 6.45) is 4.87. The normalized spacial score (nSPS) is 37.6. The average molecular weight is 318 g/mol. The number of ether oxygens (including phenoxy) is 1. The lowest BCUT2D eigenvalue weighted by Gasteiger charge is -2.39. The fraction of sp³-hybridized carbons (Fsp3) is 0.929. The van der Waals surface area contributed by atoms with Gasteiger partial charge in [-0.2, -0.15) is 0 Å². The molecule has 0 radical (unpaired) electrons. The van der Waals surface area contributed by atoms with E-state index in [4.69, 9.17) is 4.74 Å². The van der Waals surface area contributed by atoms with Crippen LogP contribution in [0, 0.1) is 11.8 Å². The summed E-state index contributed by atoms with van der Waals surface area (Å²) < 4.78 is 5.78. The fourth-order valence-electron chi connectivity index (χ4n) is 3.08. The lowest BCUT2D eigenvalue weighted by molar-refractivity contribution is -0.148. The van der Waals surface area contributed by atoms with Gasteiger partial charge in [0.05, 0.1) is 12.2 Å². The van der Waals surface area contributed by atoms with Crippen LogP contribution in [0.2, 0.25) is 0 Å². The van der Waals surface area contributed by atoms with Crippen LogP contribution < -0.4 is 0 Å². The molecule has 1 amide bonds. The van der Waals surface area contributed by atoms with Gasteiger partial charge in [0.15, 0.2) is 0 Å². The number of alkyl halides is 1. The van der Waals surface area contributed by atoms with E-state index in [1.54, 1.807) is 0 Å². The molecule has 0 aromatic carbocycles. The van der Waals surface area contributed by atoms with Gasteiger partial charge in [0.1, 0.15) is 0 Å². The average Bonchev–Trinajstić information content (AvgIpc) is 2.38. The van der Waals surface area contributed by atoms with Gasteiger partial charge in [0.25, 0.3) is 0 Å². The van der Waals surface area contributed by atoms with Gasteiger partial charge in [-0.15, -0.1) is 0 Å². The Morgan fingerprint density at radius 3 is 2.50 bits per heavy atom. The fourth-order valence-corrected chi connectivity index (χ4v) is 3.43. The van der Waals surface area contributed by atoms with Crippen LogP contribution in [0.4, 0.5) is 0 Å². The van der Waals surface area contributed by atoms with Gasteiger partial charge >= 0.3 is 0 Å². The summed E-state index contributed by atoms with van der Waals surface area (Å²) in [6.45, 7) is 5.85. The van der Waals surface area contributed by atoms with E-state index >= 15 is 0 Å². The summed E-state index contributed by atoms with van der Waals surface area (Å²) in [4.78, 5) is 14.6. The van der Waals surface area contributed by atoms with Gasteiger partial charge in [-0.05, 0) is 38.5 Å². The van der Waals surface area contributed by atoms with Gasteiger partial charge in [0, 0.05) is 24.3 Å². The first-order valence-electron chi connectivity index (χ1n) is 7.10. The second kappa shape index (κ2) is 6.38. The molecule has 1 saturated carbocycles. The van der Waals surface area contributed by atoms with Crippen LogP contribution in [0.15, 0.2) is 0 Å². The minimum Gasteiger partial charge on any atom is -0.371 e. The van der Waals surface area contributed by atoms with Crippen LogP contribution in [-0.2, 0) is 9.53 Å². The maximum atomic E-state index is 12.5. The van der Waals surface area contributed by atoms with E-state index in [9.17, 15) is 4.79 Å². The van der Waals surface area contributed by atoms with Gasteiger partial charge in [-0.1, -0.05) is 22.9 Å². The Kier molecular flexibility index (Phi) is 5.07. The van der Waals surface area contributed by atoms with Crippen molar-refractivity contribution in [3.8, 4) is 0 Å². The van der Waals surface area contributed by atoms with E-state index in [2.05, 4.69) is 29.8 Å². The SMILES string of the molecule is CC1CCC(C(=O)N2CC(C)OC(CBr)C2)CC1. The number of morpholine rings is 1. The first-order valence-corrected chi connectivity index (χ1v) is 8.22. The molecule has 1 saturated heterocycles. The molecule has 2 rings (SSSR count). The molecule has 0 aromatic rings. The summed E-state index contributed by atoms with van der Waals surface area (Å²) in [6, 6.07) is 0. The van der Waals surface area contributed by atoms with Gasteiger partial charge in [-0.25, -0.2) is 0 Å². The van der Waals surface area contributed by atoms with Gasteiger partial charge in [-0.3, -0.25) is 4.79 Å². The molecule has 3 nitrogen and oxygen atoms in total. The first-order chi connectivity index (χ1) is 8.60. The summed E-state index contributed by atoms with van der Waals surface area (Å²) in [5, 5.41) is 0.808. The quantitative estimate of drug-likeness (QED) is 0.733. The summed E-state index contributed by atoms with van der Waals surface area (Å²) in [7, 11) is 0. The summed E-state index contributed by atoms with van der Waals surface area (Å²) in [5.74, 6) is 1.43. The zero-order valence-corrected chi connectivity index (χ0v) is 13.0. The number of halogens is 1. The van der Waals surface area contributed by atoms with Crippen LogP contribution >= 0.6 is 15.9 Å². The minimum absolute atomic E-state index is 0.153. The van der Waals surface area contributed by atoms with Crippen molar-refractivity contribution in [3.05, 3.63) is 0 Å². The van der Waals surface area contributed by atoms with Crippen LogP contribution in [0.5, 0.6) is 0 Å². The maximum absolute atomic E-state index is 12.5. The van der Waals surface area contributed by atoms with Crippen LogP contribution in [0.25, 0.3) is 0 Å². The van der Waals surface area contributed by atoms with E-state index in [-0.39, 0.29) is 18.1 Å². The number of carbonyl (C=O) groups is 1. The maximum Gasteiger partial charge on any atom is 0.225 e. The number of amides is 1. The Morgan fingerprint density at radius 2 is 1.89 bits per heavy atom. The highest BCUT2D eigenvalue weighted by Crippen LogP contribution is 2.30. The molecule has 1 aliphatic carbocycles. The molecule has 0 aromatic heterocycles. The standard InChI is InChI=1S/C14H24BrNO2/c1-10-3-5-12(6-4-10)14(17)16-8-11(2)18-13(7-15)9-16/h10-13H,3-9H2,1-2H3. The highest BCUT2D eigenvalue weighted by Gasteiger charge is 2.33. The topological polar surface area (TPSA) is 29.5 Å². The zero-order valence-electron chi connectivity index (χ0n) is 11.4. The Hall–Kier alpha value is -0.0900. The number of rotatable bonds is 2. The summed E-state index contributed by atoms with van der Waals surface area (Å²) in [5.41, 5.74) is 0. The Labute approximate surface area is 118 Å². The Bertz CT molecular complexity index is 290. The highest BCUT2D eigenvalue weighted by atomic mass is 79.9. The molecule has 0 spiro atoms. The molecule has 4 heteroatoms. The van der Waals surface area contributed by atoms with Crippen molar-refractivity contribution < 1.29 is 9.53 Å². The zero-order chi connectivity index (χ0) is 13.1. The number of hydrogen-bond acceptors (Lipinski definition) is 2. The van der Waals surface area contributed by atoms with Crippen molar-refractivity contribution in [1.82, 2.24) is 4.90 Å². The van der Waals surface area contributed by atoms with Crippen molar-refractivity contribution in [2.45, 2.75) is 51.7 Å². The van der Waals surface area contributed by atoms with E-state index in [0.29, 0.717) is 5.91 Å². The van der Waals surface area contributed by atoms with E-state index in [1.807, 2.05) is 4.90 Å². The van der Waals surface area contributed by atoms with Crippen molar-refractivity contribution in [2.24, 2.45) is 11.8 Å². The van der Waals surface area contributed by atoms with Crippen molar-refractivity contribution in [1.29, 1.82) is 0 Å². The molecular formula is C14H24BrNO2. The molecular weight excluding hydrogens is 294 g/mol. The van der Waals surface area contributed by atoms with Crippen LogP contribution in [-0.4, -0.2) is 41.4 Å². The largest absolute Gasteiger partial charge is 0.371 e. The second-order valence-electron chi connectivity index (χ2n) is 5.92. The second-order valence-corrected chi connectivity index (χ2v) is 6.57. The van der Waals surface area contributed by atoms with E-state index < -0.39 is 0 Å². The van der Waals surface area contributed by atoms with E-state index in [0.717, 1.165) is 37.2 Å². The molecule has 2 atom stereocenters. The monoisotopic (exact) mass is 317 g/mol. The number of nitrogens with zero attached hydrogens (tertiary/aromatic N) is 1. The molecule has 18 heavy (non-hydrogen) atoms. The molecule has 2 aliphatic rings. The summed E-state index contributed by atoms with van der Waals surface area (Å²) >= 11 is 3.46. The van der Waals surface area contributed by atoms with Crippen molar-refractivity contribution in [3.63, 3.8) is 0 Å². The van der Waals surface area contributed by atoms with Gasteiger partial charge < -0.3 is 9.64 Å². The molecule has 104 valence electrons. The predicted octanol–water partition coefficient (Wildman–Crippen LogP) is 2.82. The van der Waals surface area contributed by atoms with Gasteiger partial charge in [0.2, 0.25) is 5.91 Å². The number of hydrogen-bond donors (Lipinski definition) is 0. The minimum atomic E-state index is 0.153. The van der Waals surface area contributed by atoms with Crippen LogP contribution in [0.3, 0.4) is 0 Å². The third kappa shape index (κ3) is 3.47. The lowest BCUT2D eigenvalue weighted by atomic mass is 9.82. The van der Waals surface area contributed by atoms with Crippen molar-refractivity contribution >= 4 is 21.8 Å². The molecule has 1 aliphatic heterocycles. The molecule has 0 bridgehead atoms. The molecule has 2 unspecified atom stereocenters. The third-order valence-corrected chi connectivity index (χ3v) is 4.90. The first kappa shape index (κ1) is 14.3. The smallest absolute Gasteiger partial charge is 0.225 e. The lowest BCUT2D eigenvalue weighted by Crippen LogP contribution is -2.51.